The van der Waals surface area contributed by atoms with Gasteiger partial charge in [-0.3, -0.25) is 0 Å². The summed E-state index contributed by atoms with van der Waals surface area (Å²) in [5, 5.41) is 5.89. The van der Waals surface area contributed by atoms with Crippen molar-refractivity contribution in [3.05, 3.63) is 64.2 Å². The van der Waals surface area contributed by atoms with Crippen molar-refractivity contribution in [2.75, 3.05) is 20.8 Å². The summed E-state index contributed by atoms with van der Waals surface area (Å²) in [5.41, 5.74) is 1.90. The van der Waals surface area contributed by atoms with Crippen LogP contribution in [0.3, 0.4) is 0 Å². The number of ether oxygens (including phenoxy) is 3. The monoisotopic (exact) mass is 430 g/mol. The predicted molar refractivity (Wildman–Crippen MR) is 114 cm³/mol. The largest absolute Gasteiger partial charge is 0.497 e. The van der Waals surface area contributed by atoms with Crippen LogP contribution in [-0.4, -0.2) is 32.8 Å². The zero-order chi connectivity index (χ0) is 21.7. The molecule has 1 atom stereocenters. The molecule has 1 unspecified atom stereocenters. The number of carbonyl (C=O) groups is 2. The van der Waals surface area contributed by atoms with Gasteiger partial charge in [0.1, 0.15) is 11.5 Å². The van der Waals surface area contributed by atoms with Gasteiger partial charge in [-0.2, -0.15) is 0 Å². The molecule has 0 saturated carbocycles. The molecule has 158 valence electrons. The van der Waals surface area contributed by atoms with Gasteiger partial charge in [-0.15, -0.1) is 0 Å². The Bertz CT molecular complexity index is 972. The molecular formula is C22H23ClN2O5. The number of halogens is 1. The van der Waals surface area contributed by atoms with Gasteiger partial charge in [-0.1, -0.05) is 24.6 Å². The van der Waals surface area contributed by atoms with Gasteiger partial charge in [0.05, 0.1) is 43.2 Å². The van der Waals surface area contributed by atoms with Crippen molar-refractivity contribution in [2.45, 2.75) is 19.4 Å². The van der Waals surface area contributed by atoms with Crippen LogP contribution in [0.5, 0.6) is 11.5 Å². The Hall–Kier alpha value is -3.19. The Balaban J connectivity index is 2.08. The number of hydrogen-bond acceptors (Lipinski definition) is 5. The summed E-state index contributed by atoms with van der Waals surface area (Å²) < 4.78 is 15.8. The minimum atomic E-state index is -0.749. The number of benzene rings is 2. The van der Waals surface area contributed by atoms with E-state index in [-0.39, 0.29) is 5.57 Å². The Labute approximate surface area is 180 Å². The Morgan fingerprint density at radius 3 is 2.47 bits per heavy atom. The van der Waals surface area contributed by atoms with Crippen LogP contribution in [0, 0.1) is 0 Å². The van der Waals surface area contributed by atoms with Crippen molar-refractivity contribution in [1.82, 2.24) is 10.6 Å². The Morgan fingerprint density at radius 2 is 1.87 bits per heavy atom. The van der Waals surface area contributed by atoms with E-state index in [2.05, 4.69) is 10.6 Å². The smallest absolute Gasteiger partial charge is 0.338 e. The molecule has 0 radical (unpaired) electrons. The summed E-state index contributed by atoms with van der Waals surface area (Å²) in [6.07, 6.45) is 0.850. The molecule has 1 aliphatic heterocycles. The lowest BCUT2D eigenvalue weighted by Crippen LogP contribution is -2.45. The number of amides is 2. The third kappa shape index (κ3) is 4.52. The van der Waals surface area contributed by atoms with Gasteiger partial charge in [-0.25, -0.2) is 9.59 Å². The van der Waals surface area contributed by atoms with Crippen LogP contribution in [0.15, 0.2) is 48.0 Å². The molecule has 0 fully saturated rings. The summed E-state index contributed by atoms with van der Waals surface area (Å²) >= 11 is 6.37. The van der Waals surface area contributed by atoms with Crippen LogP contribution in [0.25, 0.3) is 5.70 Å². The first-order valence-electron chi connectivity index (χ1n) is 9.45. The van der Waals surface area contributed by atoms with E-state index in [9.17, 15) is 9.59 Å². The third-order valence-electron chi connectivity index (χ3n) is 4.61. The molecule has 2 aromatic rings. The van der Waals surface area contributed by atoms with E-state index >= 15 is 0 Å². The van der Waals surface area contributed by atoms with Crippen molar-refractivity contribution in [2.24, 2.45) is 0 Å². The van der Waals surface area contributed by atoms with Crippen LogP contribution < -0.4 is 20.1 Å². The highest BCUT2D eigenvalue weighted by Gasteiger charge is 2.34. The lowest BCUT2D eigenvalue weighted by atomic mass is 9.92. The fourth-order valence-corrected chi connectivity index (χ4v) is 3.40. The number of carbonyl (C=O) groups excluding carboxylic acids is 2. The first-order chi connectivity index (χ1) is 14.5. The van der Waals surface area contributed by atoms with E-state index < -0.39 is 18.0 Å². The number of rotatable bonds is 7. The second-order valence-electron chi connectivity index (χ2n) is 6.58. The zero-order valence-electron chi connectivity index (χ0n) is 17.0. The molecule has 1 heterocycles. The van der Waals surface area contributed by atoms with E-state index in [1.165, 1.54) is 7.11 Å². The lowest BCUT2D eigenvalue weighted by molar-refractivity contribution is -0.136. The summed E-state index contributed by atoms with van der Waals surface area (Å²) in [4.78, 5) is 25.1. The topological polar surface area (TPSA) is 85.9 Å². The van der Waals surface area contributed by atoms with Crippen LogP contribution >= 0.6 is 11.6 Å². The third-order valence-corrected chi connectivity index (χ3v) is 4.90. The molecule has 0 spiro atoms. The van der Waals surface area contributed by atoms with Gasteiger partial charge >= 0.3 is 12.0 Å². The van der Waals surface area contributed by atoms with Crippen molar-refractivity contribution in [3.8, 4) is 11.5 Å². The van der Waals surface area contributed by atoms with Crippen LogP contribution in [0.2, 0.25) is 5.02 Å². The van der Waals surface area contributed by atoms with Gasteiger partial charge in [0.25, 0.3) is 0 Å². The number of esters is 1. The van der Waals surface area contributed by atoms with Gasteiger partial charge in [-0.05, 0) is 53.9 Å². The molecule has 30 heavy (non-hydrogen) atoms. The van der Waals surface area contributed by atoms with Gasteiger partial charge < -0.3 is 24.8 Å². The minimum Gasteiger partial charge on any atom is -0.497 e. The molecule has 8 heteroatoms. The van der Waals surface area contributed by atoms with Gasteiger partial charge in [0, 0.05) is 0 Å². The lowest BCUT2D eigenvalue weighted by Gasteiger charge is -2.29. The molecule has 2 aromatic carbocycles. The number of urea groups is 1. The molecular weight excluding hydrogens is 408 g/mol. The maximum atomic E-state index is 12.7. The van der Waals surface area contributed by atoms with Gasteiger partial charge in [0.2, 0.25) is 0 Å². The molecule has 0 bridgehead atoms. The highest BCUT2D eigenvalue weighted by molar-refractivity contribution is 6.32. The molecule has 1 aliphatic rings. The molecule has 7 nitrogen and oxygen atoms in total. The van der Waals surface area contributed by atoms with Crippen LogP contribution in [-0.2, 0) is 9.53 Å². The molecule has 2 amide bonds. The quantitative estimate of drug-likeness (QED) is 0.646. The predicted octanol–water partition coefficient (Wildman–Crippen LogP) is 4.08. The van der Waals surface area contributed by atoms with Crippen molar-refractivity contribution in [3.63, 3.8) is 0 Å². The molecule has 2 N–H and O–H groups in total. The summed E-state index contributed by atoms with van der Waals surface area (Å²) in [7, 11) is 2.86. The first kappa shape index (κ1) is 21.5. The van der Waals surface area contributed by atoms with E-state index in [0.29, 0.717) is 40.0 Å². The standard InChI is InChI=1S/C22H23ClN2O5/c1-4-11-30-17-10-7-14(12-16(17)23)20-18(21(26)29-3)19(24-22(27)25-20)13-5-8-15(28-2)9-6-13/h5-10,12,20H,4,11H2,1-3H3,(H2,24,25,27). The number of nitrogens with one attached hydrogen (secondary N) is 2. The summed E-state index contributed by atoms with van der Waals surface area (Å²) in [6, 6.07) is 11.0. The minimum absolute atomic E-state index is 0.264. The van der Waals surface area contributed by atoms with E-state index in [1.807, 2.05) is 6.92 Å². The SMILES string of the molecule is CCCOc1ccc(C2NC(=O)NC(c3ccc(OC)cc3)=C2C(=O)OC)cc1Cl. The molecule has 0 aliphatic carbocycles. The number of hydrogen-bond donors (Lipinski definition) is 2. The Morgan fingerprint density at radius 1 is 1.13 bits per heavy atom. The van der Waals surface area contributed by atoms with E-state index in [1.54, 1.807) is 49.6 Å². The van der Waals surface area contributed by atoms with Crippen LogP contribution in [0.4, 0.5) is 4.79 Å². The molecule has 3 rings (SSSR count). The Kier molecular flexibility index (Phi) is 6.84. The van der Waals surface area contributed by atoms with Crippen molar-refractivity contribution < 1.29 is 23.8 Å². The molecule has 0 saturated heterocycles. The average molecular weight is 431 g/mol. The van der Waals surface area contributed by atoms with Crippen molar-refractivity contribution in [1.29, 1.82) is 0 Å². The maximum absolute atomic E-state index is 12.7. The maximum Gasteiger partial charge on any atom is 0.338 e. The van der Waals surface area contributed by atoms with Crippen molar-refractivity contribution >= 4 is 29.3 Å². The fraction of sp³-hybridized carbons (Fsp3) is 0.273. The highest BCUT2D eigenvalue weighted by Crippen LogP contribution is 2.35. The zero-order valence-corrected chi connectivity index (χ0v) is 17.7. The summed E-state index contributed by atoms with van der Waals surface area (Å²) in [5.74, 6) is 0.632. The fourth-order valence-electron chi connectivity index (χ4n) is 3.16. The van der Waals surface area contributed by atoms with Gasteiger partial charge in [0.15, 0.2) is 0 Å². The first-order valence-corrected chi connectivity index (χ1v) is 9.83. The normalized spacial score (nSPS) is 15.9. The molecule has 0 aromatic heterocycles. The second kappa shape index (κ2) is 9.54. The second-order valence-corrected chi connectivity index (χ2v) is 6.99. The van der Waals surface area contributed by atoms with E-state index in [4.69, 9.17) is 25.8 Å². The summed E-state index contributed by atoms with van der Waals surface area (Å²) in [6.45, 7) is 2.54. The average Bonchev–Trinajstić information content (AvgIpc) is 2.77. The number of methoxy groups -OCH3 is 2. The van der Waals surface area contributed by atoms with Crippen LogP contribution in [0.1, 0.15) is 30.5 Å². The highest BCUT2D eigenvalue weighted by atomic mass is 35.5. The van der Waals surface area contributed by atoms with E-state index in [0.717, 1.165) is 6.42 Å².